The predicted octanol–water partition coefficient (Wildman–Crippen LogP) is 2.72. The molecule has 0 N–H and O–H groups in total. The van der Waals surface area contributed by atoms with Crippen molar-refractivity contribution < 1.29 is 17.9 Å². The van der Waals surface area contributed by atoms with Crippen LogP contribution in [0.15, 0.2) is 36.7 Å². The molecule has 4 nitrogen and oxygen atoms in total. The van der Waals surface area contributed by atoms with Crippen LogP contribution in [0.2, 0.25) is 0 Å². The normalized spacial score (nSPS) is 11.7. The minimum Gasteiger partial charge on any atom is -0.473 e. The molecule has 0 unspecified atom stereocenters. The summed E-state index contributed by atoms with van der Waals surface area (Å²) in [5.41, 5.74) is 1.80. The van der Waals surface area contributed by atoms with Gasteiger partial charge in [-0.25, -0.2) is 9.97 Å². The average molecular weight is 329 g/mol. The Morgan fingerprint density at radius 2 is 1.92 bits per heavy atom. The molecule has 1 aromatic carbocycles. The van der Waals surface area contributed by atoms with Gasteiger partial charge in [0.15, 0.2) is 5.69 Å². The van der Waals surface area contributed by atoms with E-state index in [9.17, 15) is 13.2 Å². The number of aromatic nitrogens is 3. The Hall–Kier alpha value is -2.64. The fourth-order valence-electron chi connectivity index (χ4n) is 2.21. The molecule has 0 aliphatic rings. The van der Waals surface area contributed by atoms with Crippen LogP contribution in [0.1, 0.15) is 17.0 Å². The maximum absolute atomic E-state index is 12.6. The van der Waals surface area contributed by atoms with Crippen LogP contribution in [0.3, 0.4) is 0 Å². The highest BCUT2D eigenvalue weighted by Gasteiger charge is 2.33. The summed E-state index contributed by atoms with van der Waals surface area (Å²) in [6, 6.07) is 7.95. The van der Waals surface area contributed by atoms with E-state index in [1.54, 1.807) is 19.1 Å². The van der Waals surface area contributed by atoms with E-state index < -0.39 is 11.9 Å². The fraction of sp³-hybridized carbons (Fsp3) is 0.188. The van der Waals surface area contributed by atoms with Crippen molar-refractivity contribution in [1.82, 2.24) is 15.0 Å². The zero-order valence-electron chi connectivity index (χ0n) is 12.6. The molecule has 2 radical (unpaired) electrons. The lowest BCUT2D eigenvalue weighted by atomic mass is 9.94. The summed E-state index contributed by atoms with van der Waals surface area (Å²) in [5, 5.41) is 0.831. The highest BCUT2D eigenvalue weighted by Crippen LogP contribution is 2.28. The van der Waals surface area contributed by atoms with Crippen LogP contribution in [0.5, 0.6) is 5.88 Å². The van der Waals surface area contributed by atoms with E-state index >= 15 is 0 Å². The largest absolute Gasteiger partial charge is 0.473 e. The molecule has 0 bridgehead atoms. The van der Waals surface area contributed by atoms with Gasteiger partial charge in [-0.1, -0.05) is 17.6 Å². The van der Waals surface area contributed by atoms with Crippen LogP contribution < -0.4 is 10.2 Å². The summed E-state index contributed by atoms with van der Waals surface area (Å²) in [6.45, 7) is 1.84. The molecule has 2 aromatic heterocycles. The summed E-state index contributed by atoms with van der Waals surface area (Å²) in [4.78, 5) is 11.3. The standard InChI is InChI=1S/C16H11BF3N3O/c1-9-11(4-10-5-12(17)2-3-13(10)23-9)7-24-15-6-14(16(18,19)20)21-8-22-15/h2-6,8H,7H2,1H3. The van der Waals surface area contributed by atoms with Gasteiger partial charge < -0.3 is 4.74 Å². The van der Waals surface area contributed by atoms with Gasteiger partial charge in [-0.3, -0.25) is 4.98 Å². The summed E-state index contributed by atoms with van der Waals surface area (Å²) in [5.74, 6) is -0.149. The van der Waals surface area contributed by atoms with E-state index in [0.717, 1.165) is 34.6 Å². The third-order valence-corrected chi connectivity index (χ3v) is 3.44. The number of alkyl halides is 3. The number of benzene rings is 1. The topological polar surface area (TPSA) is 47.9 Å². The average Bonchev–Trinajstić information content (AvgIpc) is 2.53. The molecule has 0 amide bonds. The molecule has 0 saturated heterocycles. The molecule has 2 heterocycles. The highest BCUT2D eigenvalue weighted by atomic mass is 19.4. The first-order chi connectivity index (χ1) is 11.3. The highest BCUT2D eigenvalue weighted by molar-refractivity contribution is 6.33. The van der Waals surface area contributed by atoms with Crippen molar-refractivity contribution in [1.29, 1.82) is 0 Å². The first kappa shape index (κ1) is 16.2. The van der Waals surface area contributed by atoms with Crippen LogP contribution >= 0.6 is 0 Å². The van der Waals surface area contributed by atoms with Crippen molar-refractivity contribution in [2.45, 2.75) is 19.7 Å². The summed E-state index contributed by atoms with van der Waals surface area (Å²) in [6.07, 6.45) is -3.72. The molecule has 0 saturated carbocycles. The second-order valence-electron chi connectivity index (χ2n) is 5.21. The van der Waals surface area contributed by atoms with Crippen molar-refractivity contribution in [3.63, 3.8) is 0 Å². The van der Waals surface area contributed by atoms with Crippen molar-refractivity contribution >= 4 is 24.2 Å². The first-order valence-electron chi connectivity index (χ1n) is 7.01. The second kappa shape index (κ2) is 6.11. The van der Waals surface area contributed by atoms with Gasteiger partial charge >= 0.3 is 6.18 Å². The molecule has 120 valence electrons. The van der Waals surface area contributed by atoms with Gasteiger partial charge in [0.2, 0.25) is 5.88 Å². The number of nitrogens with zero attached hydrogens (tertiary/aromatic N) is 3. The number of pyridine rings is 1. The molecule has 24 heavy (non-hydrogen) atoms. The van der Waals surface area contributed by atoms with E-state index in [-0.39, 0.29) is 12.5 Å². The van der Waals surface area contributed by atoms with Crippen LogP contribution in [0.4, 0.5) is 13.2 Å². The summed E-state index contributed by atoms with van der Waals surface area (Å²) in [7, 11) is 5.75. The zero-order chi connectivity index (χ0) is 17.3. The maximum Gasteiger partial charge on any atom is 0.433 e. The van der Waals surface area contributed by atoms with Crippen molar-refractivity contribution in [3.8, 4) is 5.88 Å². The number of ether oxygens (including phenoxy) is 1. The fourth-order valence-corrected chi connectivity index (χ4v) is 2.21. The van der Waals surface area contributed by atoms with Gasteiger partial charge in [-0.2, -0.15) is 13.2 Å². The Kier molecular flexibility index (Phi) is 4.13. The van der Waals surface area contributed by atoms with Gasteiger partial charge in [0.1, 0.15) is 20.8 Å². The SMILES string of the molecule is [B]c1ccc2nc(C)c(COc3cc(C(F)(F)F)ncn3)cc2c1. The smallest absolute Gasteiger partial charge is 0.433 e. The Morgan fingerprint density at radius 3 is 2.67 bits per heavy atom. The minimum atomic E-state index is -4.54. The molecular formula is C16H11BF3N3O. The van der Waals surface area contributed by atoms with Crippen molar-refractivity contribution in [2.75, 3.05) is 0 Å². The van der Waals surface area contributed by atoms with Gasteiger partial charge in [0.05, 0.1) is 5.52 Å². The van der Waals surface area contributed by atoms with E-state index in [2.05, 4.69) is 15.0 Å². The van der Waals surface area contributed by atoms with Crippen LogP contribution in [-0.4, -0.2) is 22.8 Å². The lowest BCUT2D eigenvalue weighted by Crippen LogP contribution is -2.09. The number of hydrogen-bond acceptors (Lipinski definition) is 4. The van der Waals surface area contributed by atoms with Gasteiger partial charge in [-0.05, 0) is 24.4 Å². The molecule has 0 atom stereocenters. The van der Waals surface area contributed by atoms with E-state index in [1.807, 2.05) is 12.1 Å². The van der Waals surface area contributed by atoms with E-state index in [4.69, 9.17) is 12.6 Å². The zero-order valence-corrected chi connectivity index (χ0v) is 12.6. The molecule has 3 rings (SSSR count). The third-order valence-electron chi connectivity index (χ3n) is 3.44. The number of hydrogen-bond donors (Lipinski definition) is 0. The summed E-state index contributed by atoms with van der Waals surface area (Å²) < 4.78 is 43.3. The molecule has 0 aliphatic carbocycles. The summed E-state index contributed by atoms with van der Waals surface area (Å²) >= 11 is 0. The molecule has 3 aromatic rings. The lowest BCUT2D eigenvalue weighted by Gasteiger charge is -2.11. The third kappa shape index (κ3) is 3.47. The van der Waals surface area contributed by atoms with Crippen LogP contribution in [0, 0.1) is 6.92 Å². The number of fused-ring (bicyclic) bond motifs is 1. The molecule has 0 fully saturated rings. The molecule has 8 heteroatoms. The van der Waals surface area contributed by atoms with E-state index in [1.165, 1.54) is 0 Å². The lowest BCUT2D eigenvalue weighted by molar-refractivity contribution is -0.141. The van der Waals surface area contributed by atoms with Crippen molar-refractivity contribution in [3.05, 3.63) is 53.6 Å². The maximum atomic E-state index is 12.6. The van der Waals surface area contributed by atoms with E-state index in [0.29, 0.717) is 5.46 Å². The van der Waals surface area contributed by atoms with Gasteiger partial charge in [0, 0.05) is 17.3 Å². The number of rotatable bonds is 3. The number of halogens is 3. The van der Waals surface area contributed by atoms with Crippen molar-refractivity contribution in [2.24, 2.45) is 0 Å². The Balaban J connectivity index is 1.84. The van der Waals surface area contributed by atoms with Crippen LogP contribution in [0.25, 0.3) is 10.9 Å². The quantitative estimate of drug-likeness (QED) is 0.693. The monoisotopic (exact) mass is 329 g/mol. The first-order valence-corrected chi connectivity index (χ1v) is 7.01. The van der Waals surface area contributed by atoms with Gasteiger partial charge in [0.25, 0.3) is 0 Å². The molecular weight excluding hydrogens is 318 g/mol. The minimum absolute atomic E-state index is 0.0396. The second-order valence-corrected chi connectivity index (χ2v) is 5.21. The predicted molar refractivity (Wildman–Crippen MR) is 83.2 cm³/mol. The Morgan fingerprint density at radius 1 is 1.12 bits per heavy atom. The number of aryl methyl sites for hydroxylation is 1. The van der Waals surface area contributed by atoms with Gasteiger partial charge in [-0.15, -0.1) is 0 Å². The molecule has 0 spiro atoms. The Labute approximate surface area is 137 Å². The van der Waals surface area contributed by atoms with Crippen LogP contribution in [-0.2, 0) is 12.8 Å². The Bertz CT molecular complexity index is 899. The molecule has 0 aliphatic heterocycles.